The summed E-state index contributed by atoms with van der Waals surface area (Å²) in [7, 11) is -1.18. The molecule has 0 radical (unpaired) electrons. The van der Waals surface area contributed by atoms with Gasteiger partial charge in [0.2, 0.25) is 0 Å². The molecule has 0 unspecified atom stereocenters. The fraction of sp³-hybridized carbons (Fsp3) is 0.576. The van der Waals surface area contributed by atoms with Crippen LogP contribution in [0.25, 0.3) is 16.6 Å². The molecule has 1 saturated heterocycles. The number of nitrogens with one attached hydrogen (secondary N) is 1. The summed E-state index contributed by atoms with van der Waals surface area (Å²) in [4.78, 5) is 31.3. The maximum absolute atomic E-state index is 12.9. The Morgan fingerprint density at radius 3 is 2.56 bits per heavy atom. The molecule has 0 spiro atoms. The summed E-state index contributed by atoms with van der Waals surface area (Å²) >= 11 is 0. The van der Waals surface area contributed by atoms with Crippen LogP contribution in [0.4, 0.5) is 16.4 Å². The van der Waals surface area contributed by atoms with E-state index in [1.54, 1.807) is 6.33 Å². The molecule has 1 amide bonds. The number of aromatic nitrogens is 4. The van der Waals surface area contributed by atoms with Gasteiger partial charge in [-0.15, -0.1) is 0 Å². The van der Waals surface area contributed by atoms with Gasteiger partial charge >= 0.3 is 6.09 Å². The molecule has 0 aromatic carbocycles. The topological polar surface area (TPSA) is 107 Å². The Hall–Kier alpha value is -3.48. The Morgan fingerprint density at radius 1 is 1.13 bits per heavy atom. The fourth-order valence-corrected chi connectivity index (χ4v) is 6.57. The highest BCUT2D eigenvalue weighted by molar-refractivity contribution is 6.76. The highest BCUT2D eigenvalue weighted by Gasteiger charge is 2.36. The zero-order valence-electron chi connectivity index (χ0n) is 28.1. The first-order chi connectivity index (χ1) is 21.3. The van der Waals surface area contributed by atoms with Crippen LogP contribution >= 0.6 is 0 Å². The quantitative estimate of drug-likeness (QED) is 0.212. The van der Waals surface area contributed by atoms with E-state index < -0.39 is 13.7 Å². The van der Waals surface area contributed by atoms with Crippen LogP contribution in [0.5, 0.6) is 0 Å². The minimum Gasteiger partial charge on any atom is -0.444 e. The monoisotopic (exact) mass is 635 g/mol. The Labute approximate surface area is 268 Å². The number of fused-ring (bicyclic) bond motifs is 1. The van der Waals surface area contributed by atoms with Gasteiger partial charge in [-0.1, -0.05) is 31.8 Å². The van der Waals surface area contributed by atoms with Crippen LogP contribution in [0, 0.1) is 0 Å². The standard InChI is InChI=1S/C33H49N7O4Si/c1-23-17-38(18-24(2)40(23)32(41)44-33(3,4)5)28-11-9-10-26(37-28)16-34-30-29-27(25-12-13-42-20-25)19-39(31(29)36-21-35-30)22-43-14-15-45(6,7)8/h9-12,19,21,23-24H,13-18,20,22H2,1-8H3,(H,34,35,36)/t23-,24+. The maximum atomic E-state index is 12.9. The predicted molar refractivity (Wildman–Crippen MR) is 181 cm³/mol. The number of carbonyl (C=O) groups excluding carboxylic acids is 1. The van der Waals surface area contributed by atoms with Crippen molar-refractivity contribution >= 4 is 42.4 Å². The van der Waals surface area contributed by atoms with Crippen molar-refractivity contribution < 1.29 is 19.0 Å². The van der Waals surface area contributed by atoms with Gasteiger partial charge in [0.15, 0.2) is 0 Å². The lowest BCUT2D eigenvalue weighted by Crippen LogP contribution is -2.59. The average Bonchev–Trinajstić information content (AvgIpc) is 3.61. The molecular formula is C33H49N7O4Si. The molecule has 0 saturated carbocycles. The molecule has 5 heterocycles. The van der Waals surface area contributed by atoms with E-state index in [4.69, 9.17) is 19.2 Å². The number of hydrogen-bond donors (Lipinski definition) is 1. The molecule has 2 atom stereocenters. The van der Waals surface area contributed by atoms with E-state index in [1.807, 2.05) is 43.9 Å². The third kappa shape index (κ3) is 8.22. The summed E-state index contributed by atoms with van der Waals surface area (Å²) in [5.41, 5.74) is 3.39. The number of amides is 1. The van der Waals surface area contributed by atoms with Crippen molar-refractivity contribution in [2.45, 2.75) is 91.3 Å². The number of ether oxygens (including phenoxy) is 3. The highest BCUT2D eigenvalue weighted by Crippen LogP contribution is 2.33. The summed E-state index contributed by atoms with van der Waals surface area (Å²) < 4.78 is 19.5. The van der Waals surface area contributed by atoms with Crippen molar-refractivity contribution in [3.05, 3.63) is 48.1 Å². The normalized spacial score (nSPS) is 19.2. The van der Waals surface area contributed by atoms with Gasteiger partial charge in [0, 0.05) is 39.5 Å². The molecule has 1 N–H and O–H groups in total. The van der Waals surface area contributed by atoms with Crippen LogP contribution in [-0.2, 0) is 27.5 Å². The van der Waals surface area contributed by atoms with Gasteiger partial charge in [-0.05, 0) is 58.4 Å². The molecule has 11 nitrogen and oxygen atoms in total. The van der Waals surface area contributed by atoms with Crippen LogP contribution in [0.2, 0.25) is 25.7 Å². The number of hydrogen-bond acceptors (Lipinski definition) is 9. The second kappa shape index (κ2) is 13.5. The van der Waals surface area contributed by atoms with E-state index in [1.165, 1.54) is 0 Å². The van der Waals surface area contributed by atoms with Crippen LogP contribution < -0.4 is 10.2 Å². The zero-order chi connectivity index (χ0) is 32.4. The molecule has 3 aromatic rings. The lowest BCUT2D eigenvalue weighted by Gasteiger charge is -2.45. The smallest absolute Gasteiger partial charge is 0.410 e. The molecule has 1 fully saturated rings. The van der Waals surface area contributed by atoms with Crippen molar-refractivity contribution in [2.75, 3.05) is 43.1 Å². The molecule has 2 aliphatic rings. The number of anilines is 2. The van der Waals surface area contributed by atoms with Gasteiger partial charge in [0.1, 0.15) is 35.9 Å². The molecule has 45 heavy (non-hydrogen) atoms. The second-order valence-corrected chi connectivity index (χ2v) is 20.0. The van der Waals surface area contributed by atoms with E-state index in [0.29, 0.717) is 39.6 Å². The summed E-state index contributed by atoms with van der Waals surface area (Å²) in [6, 6.07) is 7.16. The molecule has 244 valence electrons. The summed E-state index contributed by atoms with van der Waals surface area (Å²) in [6.07, 6.45) is 5.56. The molecule has 2 aliphatic heterocycles. The Kier molecular flexibility index (Phi) is 9.85. The maximum Gasteiger partial charge on any atom is 0.410 e. The average molecular weight is 636 g/mol. The molecule has 0 aliphatic carbocycles. The Morgan fingerprint density at radius 2 is 1.89 bits per heavy atom. The number of rotatable bonds is 10. The van der Waals surface area contributed by atoms with Gasteiger partial charge in [0.25, 0.3) is 0 Å². The molecular weight excluding hydrogens is 586 g/mol. The van der Waals surface area contributed by atoms with Crippen molar-refractivity contribution in [1.82, 2.24) is 24.4 Å². The predicted octanol–water partition coefficient (Wildman–Crippen LogP) is 6.00. The van der Waals surface area contributed by atoms with E-state index in [9.17, 15) is 4.79 Å². The van der Waals surface area contributed by atoms with Crippen molar-refractivity contribution in [1.29, 1.82) is 0 Å². The Balaban J connectivity index is 1.31. The van der Waals surface area contributed by atoms with Gasteiger partial charge in [0.05, 0.1) is 42.9 Å². The minimum absolute atomic E-state index is 0.0164. The third-order valence-corrected chi connectivity index (χ3v) is 9.71. The van der Waals surface area contributed by atoms with Gasteiger partial charge < -0.3 is 29.0 Å². The van der Waals surface area contributed by atoms with Crippen LogP contribution in [0.15, 0.2) is 36.8 Å². The molecule has 5 rings (SSSR count). The zero-order valence-corrected chi connectivity index (χ0v) is 29.1. The summed E-state index contributed by atoms with van der Waals surface area (Å²) in [5.74, 6) is 1.64. The van der Waals surface area contributed by atoms with Gasteiger partial charge in [-0.25, -0.2) is 19.7 Å². The number of carbonyl (C=O) groups is 1. The Bertz CT molecular complexity index is 1520. The van der Waals surface area contributed by atoms with Crippen LogP contribution in [0.3, 0.4) is 0 Å². The summed E-state index contributed by atoms with van der Waals surface area (Å²) in [5, 5.41) is 4.50. The molecule has 12 heteroatoms. The van der Waals surface area contributed by atoms with Gasteiger partial charge in [-0.3, -0.25) is 4.90 Å². The first-order valence-corrected chi connectivity index (χ1v) is 19.6. The second-order valence-electron chi connectivity index (χ2n) is 14.4. The lowest BCUT2D eigenvalue weighted by atomic mass is 10.1. The first-order valence-electron chi connectivity index (χ1n) is 15.9. The first kappa shape index (κ1) is 32.9. The third-order valence-electron chi connectivity index (χ3n) is 8.01. The van der Waals surface area contributed by atoms with E-state index in [-0.39, 0.29) is 18.2 Å². The largest absolute Gasteiger partial charge is 0.444 e. The van der Waals surface area contributed by atoms with E-state index in [0.717, 1.165) is 52.2 Å². The number of pyridine rings is 1. The van der Waals surface area contributed by atoms with E-state index in [2.05, 4.69) is 70.5 Å². The van der Waals surface area contributed by atoms with Crippen LogP contribution in [0.1, 0.15) is 45.9 Å². The number of nitrogens with zero attached hydrogens (tertiary/aromatic N) is 6. The molecule has 0 bridgehead atoms. The van der Waals surface area contributed by atoms with Crippen LogP contribution in [-0.4, -0.2) is 89.2 Å². The van der Waals surface area contributed by atoms with Gasteiger partial charge in [-0.2, -0.15) is 0 Å². The highest BCUT2D eigenvalue weighted by atomic mass is 28.3. The fourth-order valence-electron chi connectivity index (χ4n) is 5.82. The van der Waals surface area contributed by atoms with Crippen molar-refractivity contribution in [3.63, 3.8) is 0 Å². The molecule has 3 aromatic heterocycles. The summed E-state index contributed by atoms with van der Waals surface area (Å²) in [6.45, 7) is 21.1. The number of piperazine rings is 1. The van der Waals surface area contributed by atoms with E-state index >= 15 is 0 Å². The van der Waals surface area contributed by atoms with Crippen molar-refractivity contribution in [3.8, 4) is 0 Å². The van der Waals surface area contributed by atoms with Crippen molar-refractivity contribution in [2.24, 2.45) is 0 Å². The SMILES string of the molecule is C[C@@H]1CN(c2cccc(CNc3ncnc4c3c(C3=CCOC3)cn4COCC[Si](C)(C)C)n2)C[C@H](C)N1C(=O)OC(C)(C)C. The lowest BCUT2D eigenvalue weighted by molar-refractivity contribution is 0.00559. The minimum atomic E-state index is -1.18.